The molecule has 2 aliphatic heterocycles. The number of fused-ring (bicyclic) bond motifs is 2. The first-order chi connectivity index (χ1) is 16.3. The summed E-state index contributed by atoms with van der Waals surface area (Å²) in [6.07, 6.45) is -2.64. The van der Waals surface area contributed by atoms with Gasteiger partial charge in [0.1, 0.15) is 10.6 Å². The number of halogens is 3. The maximum atomic E-state index is 13.3. The molecule has 0 radical (unpaired) electrons. The minimum Gasteiger partial charge on any atom is -0.347 e. The predicted molar refractivity (Wildman–Crippen MR) is 121 cm³/mol. The van der Waals surface area contributed by atoms with Gasteiger partial charge in [0.05, 0.1) is 31.6 Å². The molecule has 2 N–H and O–H groups in total. The molecule has 0 aromatic carbocycles. The highest BCUT2D eigenvalue weighted by Crippen LogP contribution is 2.36. The van der Waals surface area contributed by atoms with Crippen molar-refractivity contribution in [3.8, 4) is 0 Å². The van der Waals surface area contributed by atoms with Gasteiger partial charge in [-0.1, -0.05) is 13.3 Å². The van der Waals surface area contributed by atoms with E-state index in [0.29, 0.717) is 37.1 Å². The maximum absolute atomic E-state index is 13.3. The van der Waals surface area contributed by atoms with Gasteiger partial charge in [0.2, 0.25) is 11.8 Å². The predicted octanol–water partition coefficient (Wildman–Crippen LogP) is 2.63. The molecule has 182 valence electrons. The molecule has 10 nitrogen and oxygen atoms in total. The summed E-state index contributed by atoms with van der Waals surface area (Å²) in [4.78, 5) is 20.5. The highest BCUT2D eigenvalue weighted by Gasteiger charge is 2.40. The average Bonchev–Trinajstić information content (AvgIpc) is 3.49. The zero-order valence-corrected chi connectivity index (χ0v) is 19.5. The lowest BCUT2D eigenvalue weighted by molar-refractivity contribution is -0.147. The van der Waals surface area contributed by atoms with E-state index in [1.165, 1.54) is 12.0 Å². The second-order valence-corrected chi connectivity index (χ2v) is 9.44. The molecule has 1 atom stereocenters. The normalized spacial score (nSPS) is 18.9. The van der Waals surface area contributed by atoms with E-state index in [1.54, 1.807) is 11.3 Å². The first-order valence-corrected chi connectivity index (χ1v) is 11.8. The van der Waals surface area contributed by atoms with Gasteiger partial charge in [0, 0.05) is 30.2 Å². The second kappa shape index (κ2) is 8.74. The van der Waals surface area contributed by atoms with Crippen LogP contribution in [0.5, 0.6) is 0 Å². The van der Waals surface area contributed by atoms with Crippen LogP contribution in [0.4, 0.5) is 24.9 Å². The molecule has 2 aliphatic rings. The number of nitrogens with zero attached hydrogens (tertiary/aromatic N) is 7. The Morgan fingerprint density at radius 1 is 1.21 bits per heavy atom. The van der Waals surface area contributed by atoms with Crippen molar-refractivity contribution >= 4 is 39.0 Å². The zero-order valence-electron chi connectivity index (χ0n) is 18.7. The van der Waals surface area contributed by atoms with Crippen molar-refractivity contribution in [1.29, 1.82) is 5.41 Å². The number of thiophene rings is 1. The Hall–Kier alpha value is -2.84. The lowest BCUT2D eigenvalue weighted by Crippen LogP contribution is -2.37. The molecule has 0 spiro atoms. The Balaban J connectivity index is 1.52. The van der Waals surface area contributed by atoms with Crippen LogP contribution in [0.15, 0.2) is 6.07 Å². The SMILES string of the molecule is CCCc1cc2c(N3CCn4c(nnc4C(F)(F)F)C3)nc(N3CC(=N)C(NOC)C3)nc2s1. The summed E-state index contributed by atoms with van der Waals surface area (Å²) in [6, 6.07) is 1.81. The summed E-state index contributed by atoms with van der Waals surface area (Å²) in [5.74, 6) is 0.434. The van der Waals surface area contributed by atoms with Gasteiger partial charge >= 0.3 is 6.18 Å². The number of rotatable bonds is 6. The van der Waals surface area contributed by atoms with Gasteiger partial charge in [0.15, 0.2) is 5.82 Å². The van der Waals surface area contributed by atoms with Gasteiger partial charge in [0.25, 0.3) is 0 Å². The van der Waals surface area contributed by atoms with Gasteiger partial charge in [-0.25, -0.2) is 4.98 Å². The number of anilines is 2. The number of hydrogen-bond donors (Lipinski definition) is 2. The summed E-state index contributed by atoms with van der Waals surface area (Å²) in [6.45, 7) is 3.56. The van der Waals surface area contributed by atoms with Crippen LogP contribution in [0.2, 0.25) is 0 Å². The maximum Gasteiger partial charge on any atom is 0.451 e. The van der Waals surface area contributed by atoms with Crippen molar-refractivity contribution in [2.24, 2.45) is 0 Å². The number of hydroxylamine groups is 1. The minimum absolute atomic E-state index is 0.109. The molecule has 0 saturated carbocycles. The third kappa shape index (κ3) is 4.09. The number of hydrogen-bond acceptors (Lipinski definition) is 10. The highest BCUT2D eigenvalue weighted by molar-refractivity contribution is 7.18. The van der Waals surface area contributed by atoms with Gasteiger partial charge in [-0.2, -0.15) is 23.6 Å². The first kappa shape index (κ1) is 22.9. The van der Waals surface area contributed by atoms with Crippen LogP contribution < -0.4 is 15.3 Å². The van der Waals surface area contributed by atoms with Crippen molar-refractivity contribution in [3.05, 3.63) is 22.6 Å². The van der Waals surface area contributed by atoms with Gasteiger partial charge < -0.3 is 24.6 Å². The number of aromatic nitrogens is 5. The van der Waals surface area contributed by atoms with Crippen molar-refractivity contribution in [2.75, 3.05) is 36.5 Å². The van der Waals surface area contributed by atoms with Crippen LogP contribution in [0, 0.1) is 5.41 Å². The minimum atomic E-state index is -4.54. The smallest absolute Gasteiger partial charge is 0.347 e. The molecule has 14 heteroatoms. The lowest BCUT2D eigenvalue weighted by Gasteiger charge is -2.30. The average molecular weight is 496 g/mol. The van der Waals surface area contributed by atoms with Crippen LogP contribution in [0.25, 0.3) is 10.2 Å². The third-order valence-corrected chi connectivity index (χ3v) is 7.03. The van der Waals surface area contributed by atoms with E-state index in [1.807, 2.05) is 9.80 Å². The summed E-state index contributed by atoms with van der Waals surface area (Å²) in [5, 5.41) is 16.3. The Kier molecular flexibility index (Phi) is 5.90. The van der Waals surface area contributed by atoms with E-state index in [9.17, 15) is 13.2 Å². The van der Waals surface area contributed by atoms with Crippen LogP contribution in [0.1, 0.15) is 29.9 Å². The molecule has 5 rings (SSSR count). The molecular weight excluding hydrogens is 471 g/mol. The molecule has 0 amide bonds. The number of aryl methyl sites for hydroxylation is 1. The quantitative estimate of drug-likeness (QED) is 0.503. The van der Waals surface area contributed by atoms with Gasteiger partial charge in [-0.05, 0) is 12.5 Å². The summed E-state index contributed by atoms with van der Waals surface area (Å²) >= 11 is 1.60. The Labute approximate surface area is 197 Å². The topological polar surface area (TPSA) is 108 Å². The highest BCUT2D eigenvalue weighted by atomic mass is 32.1. The molecule has 0 aliphatic carbocycles. The van der Waals surface area contributed by atoms with E-state index in [0.717, 1.165) is 27.6 Å². The van der Waals surface area contributed by atoms with Crippen molar-refractivity contribution in [2.45, 2.75) is 45.1 Å². The molecule has 3 aromatic heterocycles. The molecule has 1 unspecified atom stereocenters. The Bertz CT molecular complexity index is 1220. The van der Waals surface area contributed by atoms with Gasteiger partial charge in [-0.3, -0.25) is 0 Å². The molecule has 0 bridgehead atoms. The molecule has 3 aromatic rings. The van der Waals surface area contributed by atoms with Crippen molar-refractivity contribution in [3.63, 3.8) is 0 Å². The summed E-state index contributed by atoms with van der Waals surface area (Å²) < 4.78 is 40.9. The fourth-order valence-corrected chi connectivity index (χ4v) is 5.48. The third-order valence-electron chi connectivity index (χ3n) is 5.94. The van der Waals surface area contributed by atoms with Crippen LogP contribution in [-0.4, -0.2) is 63.2 Å². The zero-order chi connectivity index (χ0) is 24.0. The summed E-state index contributed by atoms with van der Waals surface area (Å²) in [7, 11) is 1.51. The Morgan fingerprint density at radius 3 is 2.76 bits per heavy atom. The van der Waals surface area contributed by atoms with Crippen molar-refractivity contribution < 1.29 is 18.0 Å². The number of nitrogens with one attached hydrogen (secondary N) is 2. The van der Waals surface area contributed by atoms with E-state index >= 15 is 0 Å². The number of alkyl halides is 3. The van der Waals surface area contributed by atoms with Crippen LogP contribution in [-0.2, 0) is 30.5 Å². The molecule has 5 heterocycles. The molecule has 34 heavy (non-hydrogen) atoms. The van der Waals surface area contributed by atoms with Crippen LogP contribution >= 0.6 is 11.3 Å². The second-order valence-electron chi connectivity index (χ2n) is 8.32. The van der Waals surface area contributed by atoms with E-state index in [2.05, 4.69) is 28.7 Å². The fourth-order valence-electron chi connectivity index (χ4n) is 4.36. The standard InChI is InChI=1S/C20H24F3N9OS/c1-3-4-11-7-12-16(30-5-6-32-15(10-30)27-28-18(32)20(21,22)23)25-19(26-17(12)34-11)31-8-13(24)14(9-31)29-33-2/h7,14,24,29H,3-6,8-10H2,1-2H3. The summed E-state index contributed by atoms with van der Waals surface area (Å²) in [5.41, 5.74) is 3.28. The first-order valence-electron chi connectivity index (χ1n) is 10.9. The largest absolute Gasteiger partial charge is 0.451 e. The fraction of sp³-hybridized carbons (Fsp3) is 0.550. The molecular formula is C20H24F3N9OS. The van der Waals surface area contributed by atoms with Crippen LogP contribution in [0.3, 0.4) is 0 Å². The van der Waals surface area contributed by atoms with E-state index in [4.69, 9.17) is 20.2 Å². The monoisotopic (exact) mass is 495 g/mol. The molecule has 1 fully saturated rings. The Morgan fingerprint density at radius 2 is 2.03 bits per heavy atom. The van der Waals surface area contributed by atoms with Crippen molar-refractivity contribution in [1.82, 2.24) is 30.2 Å². The lowest BCUT2D eigenvalue weighted by atomic mass is 10.2. The van der Waals surface area contributed by atoms with Gasteiger partial charge in [-0.15, -0.1) is 21.5 Å². The molecule has 1 saturated heterocycles. The van der Waals surface area contributed by atoms with E-state index < -0.39 is 12.0 Å². The van der Waals surface area contributed by atoms with E-state index in [-0.39, 0.29) is 25.0 Å².